The van der Waals surface area contributed by atoms with Crippen LogP contribution in [0.4, 0.5) is 0 Å². The van der Waals surface area contributed by atoms with Crippen LogP contribution in [0.1, 0.15) is 34.0 Å². The molecule has 0 aromatic heterocycles. The molecule has 94 valence electrons. The first kappa shape index (κ1) is 13.6. The minimum absolute atomic E-state index is 0.0703. The topological polar surface area (TPSA) is 98.0 Å². The van der Waals surface area contributed by atoms with Gasteiger partial charge in [0.2, 0.25) is 0 Å². The second-order valence-electron chi connectivity index (χ2n) is 3.90. The lowest BCUT2D eigenvalue weighted by molar-refractivity contribution is 0.00418. The number of aliphatic hydroxyl groups is 3. The molecule has 0 saturated carbocycles. The molecule has 0 bridgehead atoms. The van der Waals surface area contributed by atoms with E-state index in [9.17, 15) is 15.0 Å². The number of hydrogen-bond acceptors (Lipinski definition) is 4. The maximum atomic E-state index is 10.8. The third-order valence-corrected chi connectivity index (χ3v) is 2.61. The Hall–Kier alpha value is -1.43. The minimum atomic E-state index is -1.12. The summed E-state index contributed by atoms with van der Waals surface area (Å²) in [4.78, 5) is 10.8. The molecule has 2 unspecified atom stereocenters. The lowest BCUT2D eigenvalue weighted by atomic mass is 9.98. The summed E-state index contributed by atoms with van der Waals surface area (Å²) in [6.07, 6.45) is -2.11. The molecule has 0 aliphatic rings. The largest absolute Gasteiger partial charge is 0.478 e. The van der Waals surface area contributed by atoms with Crippen LogP contribution in [0.25, 0.3) is 0 Å². The third-order valence-electron chi connectivity index (χ3n) is 2.61. The maximum absolute atomic E-state index is 10.8. The zero-order chi connectivity index (χ0) is 13.0. The van der Waals surface area contributed by atoms with Gasteiger partial charge < -0.3 is 20.4 Å². The van der Waals surface area contributed by atoms with Gasteiger partial charge in [-0.05, 0) is 30.5 Å². The average molecular weight is 240 g/mol. The van der Waals surface area contributed by atoms with E-state index in [0.717, 1.165) is 0 Å². The van der Waals surface area contributed by atoms with E-state index in [0.29, 0.717) is 11.1 Å². The SMILES string of the molecule is Cc1cc(C(O)C(O)CCO)ccc1C(=O)O. The molecule has 0 spiro atoms. The van der Waals surface area contributed by atoms with Gasteiger partial charge in [0.25, 0.3) is 0 Å². The van der Waals surface area contributed by atoms with Gasteiger partial charge in [-0.3, -0.25) is 0 Å². The maximum Gasteiger partial charge on any atom is 0.335 e. The molecular weight excluding hydrogens is 224 g/mol. The Morgan fingerprint density at radius 3 is 2.47 bits per heavy atom. The summed E-state index contributed by atoms with van der Waals surface area (Å²) < 4.78 is 0. The Morgan fingerprint density at radius 2 is 2.00 bits per heavy atom. The van der Waals surface area contributed by atoms with Gasteiger partial charge in [-0.25, -0.2) is 4.79 Å². The van der Waals surface area contributed by atoms with Crippen molar-refractivity contribution in [3.63, 3.8) is 0 Å². The molecule has 4 N–H and O–H groups in total. The van der Waals surface area contributed by atoms with E-state index in [1.807, 2.05) is 0 Å². The van der Waals surface area contributed by atoms with Crippen molar-refractivity contribution in [2.75, 3.05) is 6.61 Å². The van der Waals surface area contributed by atoms with Crippen LogP contribution >= 0.6 is 0 Å². The normalized spacial score (nSPS) is 14.4. The van der Waals surface area contributed by atoms with Crippen LogP contribution in [-0.4, -0.2) is 39.1 Å². The number of hydrogen-bond donors (Lipinski definition) is 4. The molecular formula is C12H16O5. The Kier molecular flexibility index (Phi) is 4.62. The van der Waals surface area contributed by atoms with E-state index in [2.05, 4.69) is 0 Å². The van der Waals surface area contributed by atoms with Crippen molar-refractivity contribution in [2.45, 2.75) is 25.6 Å². The highest BCUT2D eigenvalue weighted by atomic mass is 16.4. The van der Waals surface area contributed by atoms with Crippen LogP contribution in [0.15, 0.2) is 18.2 Å². The summed E-state index contributed by atoms with van der Waals surface area (Å²) in [5.74, 6) is -1.03. The van der Waals surface area contributed by atoms with E-state index >= 15 is 0 Å². The van der Waals surface area contributed by atoms with Gasteiger partial charge in [0.15, 0.2) is 0 Å². The standard InChI is InChI=1S/C12H16O5/c1-7-6-8(2-3-9(7)12(16)17)11(15)10(14)4-5-13/h2-3,6,10-11,13-15H,4-5H2,1H3,(H,16,17). The van der Waals surface area contributed by atoms with Crippen molar-refractivity contribution in [2.24, 2.45) is 0 Å². The molecule has 0 saturated heterocycles. The number of carboxylic acid groups (broad SMARTS) is 1. The van der Waals surface area contributed by atoms with Gasteiger partial charge in [0.1, 0.15) is 6.10 Å². The molecule has 5 nitrogen and oxygen atoms in total. The van der Waals surface area contributed by atoms with Gasteiger partial charge in [-0.15, -0.1) is 0 Å². The van der Waals surface area contributed by atoms with E-state index in [1.54, 1.807) is 6.92 Å². The van der Waals surface area contributed by atoms with Gasteiger partial charge in [0.05, 0.1) is 11.7 Å². The smallest absolute Gasteiger partial charge is 0.335 e. The molecule has 0 heterocycles. The highest BCUT2D eigenvalue weighted by Crippen LogP contribution is 2.21. The first-order valence-corrected chi connectivity index (χ1v) is 5.28. The molecule has 5 heteroatoms. The van der Waals surface area contributed by atoms with Crippen molar-refractivity contribution in [3.05, 3.63) is 34.9 Å². The summed E-state index contributed by atoms with van der Waals surface area (Å²) in [6, 6.07) is 4.37. The fourth-order valence-electron chi connectivity index (χ4n) is 1.62. The zero-order valence-electron chi connectivity index (χ0n) is 9.50. The molecule has 1 rings (SSSR count). The molecule has 17 heavy (non-hydrogen) atoms. The van der Waals surface area contributed by atoms with Gasteiger partial charge in [0, 0.05) is 6.61 Å². The number of carboxylic acids is 1. The number of benzene rings is 1. The van der Waals surface area contributed by atoms with Crippen molar-refractivity contribution in [1.82, 2.24) is 0 Å². The molecule has 2 atom stereocenters. The second kappa shape index (κ2) is 5.77. The first-order chi connectivity index (χ1) is 7.97. The molecule has 0 aliphatic heterocycles. The number of rotatable bonds is 5. The predicted molar refractivity (Wildman–Crippen MR) is 60.8 cm³/mol. The second-order valence-corrected chi connectivity index (χ2v) is 3.90. The fourth-order valence-corrected chi connectivity index (χ4v) is 1.62. The van der Waals surface area contributed by atoms with Gasteiger partial charge in [-0.1, -0.05) is 12.1 Å². The van der Waals surface area contributed by atoms with Crippen LogP contribution in [0.3, 0.4) is 0 Å². The van der Waals surface area contributed by atoms with Gasteiger partial charge >= 0.3 is 5.97 Å². The van der Waals surface area contributed by atoms with E-state index in [-0.39, 0.29) is 18.6 Å². The van der Waals surface area contributed by atoms with Crippen LogP contribution in [0.5, 0.6) is 0 Å². The Bertz CT molecular complexity index is 402. The number of carbonyl (C=O) groups is 1. The Labute approximate surface area is 99.0 Å². The Morgan fingerprint density at radius 1 is 1.35 bits per heavy atom. The van der Waals surface area contributed by atoms with Crippen LogP contribution < -0.4 is 0 Å². The Balaban J connectivity index is 2.93. The summed E-state index contributed by atoms with van der Waals surface area (Å²) in [7, 11) is 0. The monoisotopic (exact) mass is 240 g/mol. The summed E-state index contributed by atoms with van der Waals surface area (Å²) in [6.45, 7) is 1.41. The molecule has 0 aliphatic carbocycles. The van der Waals surface area contributed by atoms with E-state index in [4.69, 9.17) is 10.2 Å². The quantitative estimate of drug-likeness (QED) is 0.599. The molecule has 0 radical (unpaired) electrons. The zero-order valence-corrected chi connectivity index (χ0v) is 9.50. The number of aryl methyl sites for hydroxylation is 1. The van der Waals surface area contributed by atoms with E-state index in [1.165, 1.54) is 18.2 Å². The number of aromatic carboxylic acids is 1. The minimum Gasteiger partial charge on any atom is -0.478 e. The van der Waals surface area contributed by atoms with Crippen LogP contribution in [0, 0.1) is 6.92 Å². The van der Waals surface area contributed by atoms with Crippen LogP contribution in [0.2, 0.25) is 0 Å². The first-order valence-electron chi connectivity index (χ1n) is 5.28. The van der Waals surface area contributed by atoms with Crippen molar-refractivity contribution in [1.29, 1.82) is 0 Å². The van der Waals surface area contributed by atoms with Gasteiger partial charge in [-0.2, -0.15) is 0 Å². The van der Waals surface area contributed by atoms with Crippen molar-refractivity contribution >= 4 is 5.97 Å². The highest BCUT2D eigenvalue weighted by Gasteiger charge is 2.19. The molecule has 0 amide bonds. The molecule has 1 aromatic rings. The summed E-state index contributed by atoms with van der Waals surface area (Å²) >= 11 is 0. The summed E-state index contributed by atoms with van der Waals surface area (Å²) in [5, 5.41) is 36.8. The fraction of sp³-hybridized carbons (Fsp3) is 0.417. The third kappa shape index (κ3) is 3.26. The molecule has 0 fully saturated rings. The van der Waals surface area contributed by atoms with Crippen molar-refractivity contribution in [3.8, 4) is 0 Å². The van der Waals surface area contributed by atoms with Crippen LogP contribution in [-0.2, 0) is 0 Å². The summed E-state index contributed by atoms with van der Waals surface area (Å²) in [5.41, 5.74) is 1.12. The lowest BCUT2D eigenvalue weighted by Gasteiger charge is -2.18. The van der Waals surface area contributed by atoms with Crippen molar-refractivity contribution < 1.29 is 25.2 Å². The number of aliphatic hydroxyl groups excluding tert-OH is 3. The highest BCUT2D eigenvalue weighted by molar-refractivity contribution is 5.89. The average Bonchev–Trinajstić information content (AvgIpc) is 2.27. The predicted octanol–water partition coefficient (Wildman–Crippen LogP) is 0.470. The molecule has 1 aromatic carbocycles. The van der Waals surface area contributed by atoms with E-state index < -0.39 is 18.2 Å². The lowest BCUT2D eigenvalue weighted by Crippen LogP contribution is -2.19.